The third-order valence-electron chi connectivity index (χ3n) is 6.08. The minimum Gasteiger partial charge on any atom is -0.330 e. The number of nitrogens with zero attached hydrogens (tertiary/aromatic N) is 3. The molecule has 31 heavy (non-hydrogen) atoms. The van der Waals surface area contributed by atoms with Crippen LogP contribution in [0, 0.1) is 6.92 Å². The second-order valence-corrected chi connectivity index (χ2v) is 8.52. The molecule has 4 nitrogen and oxygen atoms in total. The van der Waals surface area contributed by atoms with Crippen molar-refractivity contribution in [3.63, 3.8) is 0 Å². The minimum atomic E-state index is 0.0979. The summed E-state index contributed by atoms with van der Waals surface area (Å²) < 4.78 is 0. The number of hydrogen-bond acceptors (Lipinski definition) is 3. The molecule has 0 fully saturated rings. The molecule has 0 aliphatic rings. The third kappa shape index (κ3) is 8.10. The lowest BCUT2D eigenvalue weighted by atomic mass is 10.0. The molecule has 0 aliphatic carbocycles. The molecule has 1 unspecified atom stereocenters. The molecule has 1 aromatic heterocycles. The number of aromatic nitrogens is 1. The first-order valence-electron chi connectivity index (χ1n) is 12.0. The second kappa shape index (κ2) is 13.3. The van der Waals surface area contributed by atoms with Gasteiger partial charge in [0.2, 0.25) is 0 Å². The van der Waals surface area contributed by atoms with Crippen LogP contribution < -0.4 is 0 Å². The topological polar surface area (TPSA) is 36.4 Å². The molecule has 0 saturated carbocycles. The fourth-order valence-electron chi connectivity index (χ4n) is 3.96. The van der Waals surface area contributed by atoms with E-state index in [0.717, 1.165) is 55.8 Å². The molecule has 0 spiro atoms. The van der Waals surface area contributed by atoms with Crippen LogP contribution in [0.2, 0.25) is 0 Å². The predicted octanol–water partition coefficient (Wildman–Crippen LogP) is 5.89. The zero-order valence-electron chi connectivity index (χ0n) is 20.2. The molecule has 0 bridgehead atoms. The van der Waals surface area contributed by atoms with Crippen molar-refractivity contribution in [2.75, 3.05) is 19.6 Å². The van der Waals surface area contributed by atoms with Gasteiger partial charge in [-0.25, -0.2) is 0 Å². The SMILES string of the molecule is CCCCc1ccc(C(=O)N(Cc2cccc(C)n2)C(C)CCCN(CC)CC)cc1. The maximum atomic E-state index is 13.5. The van der Waals surface area contributed by atoms with Crippen molar-refractivity contribution in [1.29, 1.82) is 0 Å². The van der Waals surface area contributed by atoms with Crippen LogP contribution in [0.3, 0.4) is 0 Å². The molecular formula is C27H41N3O. The predicted molar refractivity (Wildman–Crippen MR) is 130 cm³/mol. The molecule has 1 amide bonds. The van der Waals surface area contributed by atoms with E-state index < -0.39 is 0 Å². The van der Waals surface area contributed by atoms with Crippen LogP contribution in [0.15, 0.2) is 42.5 Å². The van der Waals surface area contributed by atoms with Crippen LogP contribution >= 0.6 is 0 Å². The van der Waals surface area contributed by atoms with Gasteiger partial charge in [0.05, 0.1) is 12.2 Å². The van der Waals surface area contributed by atoms with Gasteiger partial charge in [-0.05, 0) is 89.0 Å². The summed E-state index contributed by atoms with van der Waals surface area (Å²) in [5.41, 5.74) is 4.00. The highest BCUT2D eigenvalue weighted by molar-refractivity contribution is 5.94. The van der Waals surface area contributed by atoms with Crippen molar-refractivity contribution < 1.29 is 4.79 Å². The zero-order chi connectivity index (χ0) is 22.6. The number of benzene rings is 1. The van der Waals surface area contributed by atoms with Crippen molar-refractivity contribution >= 4 is 5.91 Å². The largest absolute Gasteiger partial charge is 0.330 e. The second-order valence-electron chi connectivity index (χ2n) is 8.52. The van der Waals surface area contributed by atoms with Gasteiger partial charge in [0.25, 0.3) is 5.91 Å². The molecule has 0 saturated heterocycles. The van der Waals surface area contributed by atoms with E-state index in [2.05, 4.69) is 49.7 Å². The van der Waals surface area contributed by atoms with Crippen LogP contribution in [0.5, 0.6) is 0 Å². The Morgan fingerprint density at radius 1 is 1.00 bits per heavy atom. The fraction of sp³-hybridized carbons (Fsp3) is 0.556. The highest BCUT2D eigenvalue weighted by atomic mass is 16.2. The van der Waals surface area contributed by atoms with Gasteiger partial charge in [0.1, 0.15) is 0 Å². The van der Waals surface area contributed by atoms with E-state index in [0.29, 0.717) is 6.54 Å². The van der Waals surface area contributed by atoms with Crippen molar-refractivity contribution in [2.24, 2.45) is 0 Å². The van der Waals surface area contributed by atoms with Gasteiger partial charge in [-0.3, -0.25) is 9.78 Å². The monoisotopic (exact) mass is 423 g/mol. The van der Waals surface area contributed by atoms with E-state index in [1.165, 1.54) is 18.4 Å². The number of carbonyl (C=O) groups excluding carboxylic acids is 1. The van der Waals surface area contributed by atoms with E-state index in [4.69, 9.17) is 0 Å². The van der Waals surface area contributed by atoms with Crippen LogP contribution in [0.4, 0.5) is 0 Å². The standard InChI is InChI=1S/C27H41N3O/c1-6-9-14-24-16-18-25(19-17-24)27(31)30(21-26-15-10-12-22(4)28-26)23(5)13-11-20-29(7-2)8-3/h10,12,15-19,23H,6-9,11,13-14,20-21H2,1-5H3. The minimum absolute atomic E-state index is 0.0979. The van der Waals surface area contributed by atoms with Gasteiger partial charge in [0.15, 0.2) is 0 Å². The number of amides is 1. The maximum Gasteiger partial charge on any atom is 0.254 e. The maximum absolute atomic E-state index is 13.5. The van der Waals surface area contributed by atoms with Gasteiger partial charge in [-0.15, -0.1) is 0 Å². The van der Waals surface area contributed by atoms with Crippen LogP contribution in [-0.2, 0) is 13.0 Å². The normalized spacial score (nSPS) is 12.2. The first kappa shape index (κ1) is 25.1. The molecule has 0 radical (unpaired) electrons. The summed E-state index contributed by atoms with van der Waals surface area (Å²) in [5.74, 6) is 0.0979. The first-order valence-corrected chi connectivity index (χ1v) is 12.0. The van der Waals surface area contributed by atoms with Gasteiger partial charge in [-0.1, -0.05) is 45.4 Å². The molecule has 1 atom stereocenters. The average molecular weight is 424 g/mol. The van der Waals surface area contributed by atoms with Crippen molar-refractivity contribution in [1.82, 2.24) is 14.8 Å². The Bertz CT molecular complexity index is 783. The summed E-state index contributed by atoms with van der Waals surface area (Å²) in [4.78, 5) is 22.6. The summed E-state index contributed by atoms with van der Waals surface area (Å²) in [6.45, 7) is 14.6. The lowest BCUT2D eigenvalue weighted by Crippen LogP contribution is -2.39. The van der Waals surface area contributed by atoms with Crippen molar-refractivity contribution in [2.45, 2.75) is 79.3 Å². The number of pyridine rings is 1. The Labute approximate surface area is 189 Å². The molecule has 1 aromatic carbocycles. The molecule has 4 heteroatoms. The highest BCUT2D eigenvalue weighted by Gasteiger charge is 2.22. The van der Waals surface area contributed by atoms with Crippen molar-refractivity contribution in [3.05, 3.63) is 65.0 Å². The summed E-state index contributed by atoms with van der Waals surface area (Å²) in [6, 6.07) is 14.4. The Morgan fingerprint density at radius 3 is 2.32 bits per heavy atom. The Morgan fingerprint density at radius 2 is 1.71 bits per heavy atom. The molecule has 0 N–H and O–H groups in total. The molecule has 2 rings (SSSR count). The zero-order valence-corrected chi connectivity index (χ0v) is 20.2. The van der Waals surface area contributed by atoms with Gasteiger partial charge in [0, 0.05) is 17.3 Å². The van der Waals surface area contributed by atoms with Crippen LogP contribution in [-0.4, -0.2) is 46.4 Å². The lowest BCUT2D eigenvalue weighted by molar-refractivity contribution is 0.0659. The van der Waals surface area contributed by atoms with E-state index in [9.17, 15) is 4.79 Å². The summed E-state index contributed by atoms with van der Waals surface area (Å²) in [6.07, 6.45) is 5.51. The van der Waals surface area contributed by atoms with Gasteiger partial charge in [-0.2, -0.15) is 0 Å². The van der Waals surface area contributed by atoms with E-state index in [1.54, 1.807) is 0 Å². The average Bonchev–Trinajstić information content (AvgIpc) is 2.78. The Kier molecular flexibility index (Phi) is 10.7. The number of carbonyl (C=O) groups is 1. The molecule has 0 aliphatic heterocycles. The molecular weight excluding hydrogens is 382 g/mol. The van der Waals surface area contributed by atoms with E-state index >= 15 is 0 Å². The quantitative estimate of drug-likeness (QED) is 0.403. The number of aryl methyl sites for hydroxylation is 2. The highest BCUT2D eigenvalue weighted by Crippen LogP contribution is 2.17. The summed E-state index contributed by atoms with van der Waals surface area (Å²) in [7, 11) is 0. The van der Waals surface area contributed by atoms with Crippen LogP contribution in [0.25, 0.3) is 0 Å². The van der Waals surface area contributed by atoms with Crippen molar-refractivity contribution in [3.8, 4) is 0 Å². The Hall–Kier alpha value is -2.20. The number of hydrogen-bond donors (Lipinski definition) is 0. The molecule has 170 valence electrons. The Balaban J connectivity index is 2.14. The van der Waals surface area contributed by atoms with Gasteiger partial charge < -0.3 is 9.80 Å². The van der Waals surface area contributed by atoms with E-state index in [-0.39, 0.29) is 11.9 Å². The van der Waals surface area contributed by atoms with E-state index in [1.807, 2.05) is 42.2 Å². The van der Waals surface area contributed by atoms with Crippen LogP contribution in [0.1, 0.15) is 80.7 Å². The molecule has 2 aromatic rings. The molecule has 1 heterocycles. The lowest BCUT2D eigenvalue weighted by Gasteiger charge is -2.30. The van der Waals surface area contributed by atoms with Gasteiger partial charge >= 0.3 is 0 Å². The summed E-state index contributed by atoms with van der Waals surface area (Å²) >= 11 is 0. The summed E-state index contributed by atoms with van der Waals surface area (Å²) in [5, 5.41) is 0. The smallest absolute Gasteiger partial charge is 0.254 e. The number of rotatable bonds is 13. The number of unbranched alkanes of at least 4 members (excludes halogenated alkanes) is 1. The fourth-order valence-corrected chi connectivity index (χ4v) is 3.96. The first-order chi connectivity index (χ1) is 15.0. The third-order valence-corrected chi connectivity index (χ3v) is 6.08.